The molecule has 8 aromatic rings. The lowest BCUT2D eigenvalue weighted by Gasteiger charge is -2.49. The molecule has 1 aliphatic carbocycles. The zero-order chi connectivity index (χ0) is 47.7. The maximum atomic E-state index is 2.99. The Kier molecular flexibility index (Phi) is 8.30. The number of rotatable bonds is 1. The second-order valence-electron chi connectivity index (χ2n) is 27.1. The van der Waals surface area contributed by atoms with Crippen molar-refractivity contribution < 1.29 is 0 Å². The molecule has 0 radical (unpaired) electrons. The van der Waals surface area contributed by atoms with Gasteiger partial charge >= 0.3 is 0 Å². The molecule has 2 aromatic heterocycles. The zero-order valence-corrected chi connectivity index (χ0v) is 43.7. The Bertz CT molecular complexity index is 3440. The molecule has 1 fully saturated rings. The molecule has 4 heteroatoms. The minimum absolute atomic E-state index is 0.00581. The van der Waals surface area contributed by atoms with Crippen LogP contribution in [0.15, 0.2) is 91.0 Å². The molecular weight excluding hydrogens is 810 g/mol. The summed E-state index contributed by atoms with van der Waals surface area (Å²) in [5.74, 6) is 0. The first-order valence-electron chi connectivity index (χ1n) is 25.5. The fourth-order valence-corrected chi connectivity index (χ4v) is 13.5. The Balaban J connectivity index is 1.37. The van der Waals surface area contributed by atoms with Gasteiger partial charge in [-0.2, -0.15) is 0 Å². The van der Waals surface area contributed by atoms with Gasteiger partial charge < -0.3 is 14.2 Å². The van der Waals surface area contributed by atoms with Gasteiger partial charge in [0.05, 0.1) is 27.8 Å². The standard InChI is InChI=1S/C63H72BN3/c1-57(2,3)36-19-24-41(25-20-36)65-49-28-23-39(60(10,11)12)34-45(49)64-46-35-40(61(13,14)15)33-44-53(46)67(63(17)30-18-29-62(44,63)16)56-51-43-32-38(59(7,8)9)22-27-48(43)66-47-26-21-37(58(4,5)6)31-42(47)50(54(51)66)55(65)52(56)64/h19-28,31-35H,18,29-30H2,1-17H3. The number of nitrogens with zero attached hydrogens (tertiary/aromatic N) is 3. The Morgan fingerprint density at radius 3 is 1.52 bits per heavy atom. The van der Waals surface area contributed by atoms with Crippen molar-refractivity contribution in [1.82, 2.24) is 4.40 Å². The van der Waals surface area contributed by atoms with Gasteiger partial charge in [0.15, 0.2) is 0 Å². The van der Waals surface area contributed by atoms with Gasteiger partial charge in [-0.25, -0.2) is 0 Å². The Morgan fingerprint density at radius 2 is 0.970 bits per heavy atom. The molecule has 4 aliphatic rings. The first kappa shape index (κ1) is 43.1. The van der Waals surface area contributed by atoms with Crippen LogP contribution in [0.4, 0.5) is 28.4 Å². The van der Waals surface area contributed by atoms with Gasteiger partial charge in [-0.05, 0) is 139 Å². The highest BCUT2D eigenvalue weighted by molar-refractivity contribution is 7.01. The summed E-state index contributed by atoms with van der Waals surface area (Å²) in [5, 5.41) is 5.55. The van der Waals surface area contributed by atoms with E-state index in [9.17, 15) is 0 Å². The first-order valence-corrected chi connectivity index (χ1v) is 25.5. The quantitative estimate of drug-likeness (QED) is 0.152. The molecule has 0 N–H and O–H groups in total. The molecule has 1 saturated carbocycles. The smallest absolute Gasteiger partial charge is 0.252 e. The van der Waals surface area contributed by atoms with Gasteiger partial charge in [0, 0.05) is 49.7 Å². The van der Waals surface area contributed by atoms with Crippen LogP contribution in [0.25, 0.3) is 38.1 Å². The number of hydrogen-bond donors (Lipinski definition) is 0. The van der Waals surface area contributed by atoms with E-state index in [0.29, 0.717) is 0 Å². The molecule has 67 heavy (non-hydrogen) atoms. The zero-order valence-electron chi connectivity index (χ0n) is 43.7. The van der Waals surface area contributed by atoms with Crippen LogP contribution in [0.1, 0.15) is 170 Å². The average Bonchev–Trinajstić information content (AvgIpc) is 3.91. The van der Waals surface area contributed by atoms with Crippen molar-refractivity contribution in [1.29, 1.82) is 0 Å². The molecule has 2 atom stereocenters. The van der Waals surface area contributed by atoms with Crippen LogP contribution in [0, 0.1) is 0 Å². The van der Waals surface area contributed by atoms with E-state index in [2.05, 4.69) is 223 Å². The first-order chi connectivity index (χ1) is 31.1. The molecule has 12 rings (SSSR count). The van der Waals surface area contributed by atoms with Crippen LogP contribution in [-0.4, -0.2) is 16.7 Å². The van der Waals surface area contributed by atoms with Crippen LogP contribution in [-0.2, 0) is 32.5 Å². The Labute approximate surface area is 401 Å². The van der Waals surface area contributed by atoms with Gasteiger partial charge in [0.25, 0.3) is 6.71 Å². The predicted molar refractivity (Wildman–Crippen MR) is 292 cm³/mol. The van der Waals surface area contributed by atoms with Gasteiger partial charge in [-0.15, -0.1) is 0 Å². The maximum Gasteiger partial charge on any atom is 0.252 e. The summed E-state index contributed by atoms with van der Waals surface area (Å²) in [6, 6.07) is 37.5. The summed E-state index contributed by atoms with van der Waals surface area (Å²) in [4.78, 5) is 5.72. The van der Waals surface area contributed by atoms with Crippen molar-refractivity contribution in [3.63, 3.8) is 0 Å². The molecular formula is C63H72BN3. The second kappa shape index (κ2) is 12.9. The van der Waals surface area contributed by atoms with Crippen molar-refractivity contribution in [2.24, 2.45) is 0 Å². The summed E-state index contributed by atoms with van der Waals surface area (Å²) in [7, 11) is 0. The molecule has 0 spiro atoms. The SMILES string of the molecule is CC(C)(C)c1ccc(N2c3ccc(C(C)(C)C)cc3B3c4cc(C(C)(C)C)cc5c4N(c4c3c2c2c3cc(C(C)(C)C)ccc3n3c6ccc(C(C)(C)C)cc6c4c23)C2(C)CCCC52C)cc1. The maximum absolute atomic E-state index is 2.99. The summed E-state index contributed by atoms with van der Waals surface area (Å²) in [6.45, 7) is 41.0. The van der Waals surface area contributed by atoms with Crippen LogP contribution in [0.2, 0.25) is 0 Å². The van der Waals surface area contributed by atoms with Gasteiger partial charge in [-0.3, -0.25) is 0 Å². The number of anilines is 5. The number of hydrogen-bond acceptors (Lipinski definition) is 2. The lowest BCUT2D eigenvalue weighted by atomic mass is 9.32. The van der Waals surface area contributed by atoms with E-state index in [1.807, 2.05) is 0 Å². The lowest BCUT2D eigenvalue weighted by Crippen LogP contribution is -2.64. The van der Waals surface area contributed by atoms with E-state index in [1.165, 1.54) is 124 Å². The summed E-state index contributed by atoms with van der Waals surface area (Å²) in [6.07, 6.45) is 3.59. The van der Waals surface area contributed by atoms with E-state index < -0.39 is 0 Å². The van der Waals surface area contributed by atoms with Crippen LogP contribution < -0.4 is 26.2 Å². The Hall–Kier alpha value is -5.22. The van der Waals surface area contributed by atoms with Gasteiger partial charge in [0.2, 0.25) is 0 Å². The van der Waals surface area contributed by atoms with E-state index in [-0.39, 0.29) is 44.7 Å². The minimum Gasteiger partial charge on any atom is -0.335 e. The van der Waals surface area contributed by atoms with E-state index in [4.69, 9.17) is 0 Å². The number of aromatic nitrogens is 1. The summed E-state index contributed by atoms with van der Waals surface area (Å²) in [5.41, 5.74) is 23.6. The van der Waals surface area contributed by atoms with Crippen molar-refractivity contribution in [3.05, 3.63) is 124 Å². The normalized spacial score (nSPS) is 20.5. The van der Waals surface area contributed by atoms with Crippen LogP contribution in [0.5, 0.6) is 0 Å². The largest absolute Gasteiger partial charge is 0.335 e. The lowest BCUT2D eigenvalue weighted by molar-refractivity contribution is 0.330. The number of benzene rings is 6. The molecule has 0 saturated heterocycles. The monoisotopic (exact) mass is 882 g/mol. The van der Waals surface area contributed by atoms with Gasteiger partial charge in [0.1, 0.15) is 0 Å². The van der Waals surface area contributed by atoms with Gasteiger partial charge in [-0.1, -0.05) is 166 Å². The molecule has 342 valence electrons. The fourth-order valence-electron chi connectivity index (χ4n) is 13.5. The van der Waals surface area contributed by atoms with E-state index in [0.717, 1.165) is 6.42 Å². The third-order valence-electron chi connectivity index (χ3n) is 17.8. The molecule has 0 amide bonds. The summed E-state index contributed by atoms with van der Waals surface area (Å²) >= 11 is 0. The molecule has 6 aromatic carbocycles. The third kappa shape index (κ3) is 5.54. The van der Waals surface area contributed by atoms with Crippen LogP contribution >= 0.6 is 0 Å². The molecule has 5 heterocycles. The highest BCUT2D eigenvalue weighted by atomic mass is 15.3. The Morgan fingerprint density at radius 1 is 0.478 bits per heavy atom. The molecule has 3 aliphatic heterocycles. The van der Waals surface area contributed by atoms with Crippen molar-refractivity contribution >= 4 is 89.6 Å². The van der Waals surface area contributed by atoms with E-state index >= 15 is 0 Å². The van der Waals surface area contributed by atoms with Crippen LogP contribution in [0.3, 0.4) is 0 Å². The minimum atomic E-state index is -0.114. The second-order valence-corrected chi connectivity index (χ2v) is 27.1. The van der Waals surface area contributed by atoms with Crippen molar-refractivity contribution in [2.45, 2.75) is 175 Å². The molecule has 0 bridgehead atoms. The van der Waals surface area contributed by atoms with Crippen molar-refractivity contribution in [2.75, 3.05) is 9.80 Å². The third-order valence-corrected chi connectivity index (χ3v) is 17.8. The highest BCUT2D eigenvalue weighted by Crippen LogP contribution is 2.65. The fraction of sp³-hybridized carbons (Fsp3) is 0.429. The molecule has 3 nitrogen and oxygen atoms in total. The van der Waals surface area contributed by atoms with E-state index in [1.54, 1.807) is 5.56 Å². The van der Waals surface area contributed by atoms with Crippen molar-refractivity contribution in [3.8, 4) is 0 Å². The highest BCUT2D eigenvalue weighted by Gasteiger charge is 2.63. The predicted octanol–water partition coefficient (Wildman–Crippen LogP) is 15.3. The topological polar surface area (TPSA) is 10.9 Å². The molecule has 2 unspecified atom stereocenters. The average molecular weight is 882 g/mol. The summed E-state index contributed by atoms with van der Waals surface area (Å²) < 4.78 is 2.69. The number of fused-ring (bicyclic) bond motifs is 15.